The zero-order valence-corrected chi connectivity index (χ0v) is 18.2. The Bertz CT molecular complexity index is 629. The molecule has 1 saturated carbocycles. The number of amides is 1. The van der Waals surface area contributed by atoms with Gasteiger partial charge >= 0.3 is 0 Å². The molecule has 1 unspecified atom stereocenters. The van der Waals surface area contributed by atoms with Crippen LogP contribution in [0.15, 0.2) is 30.3 Å². The second-order valence-corrected chi connectivity index (χ2v) is 9.61. The van der Waals surface area contributed by atoms with Crippen molar-refractivity contribution < 1.29 is 4.79 Å². The molecule has 0 bridgehead atoms. The molecule has 0 spiro atoms. The molecule has 3 fully saturated rings. The topological polar surface area (TPSA) is 35.6 Å². The van der Waals surface area contributed by atoms with Gasteiger partial charge in [0, 0.05) is 18.0 Å². The summed E-state index contributed by atoms with van der Waals surface area (Å²) in [6.07, 6.45) is 9.71. The van der Waals surface area contributed by atoms with E-state index in [0.29, 0.717) is 11.9 Å². The summed E-state index contributed by atoms with van der Waals surface area (Å²) >= 11 is 0. The van der Waals surface area contributed by atoms with Crippen molar-refractivity contribution in [3.05, 3.63) is 35.9 Å². The zero-order valence-electron chi connectivity index (χ0n) is 18.2. The average molecular weight is 398 g/mol. The van der Waals surface area contributed by atoms with E-state index >= 15 is 0 Å². The van der Waals surface area contributed by atoms with Gasteiger partial charge in [0.2, 0.25) is 5.91 Å². The molecule has 1 amide bonds. The highest BCUT2D eigenvalue weighted by atomic mass is 16.1. The molecule has 0 radical (unpaired) electrons. The fourth-order valence-corrected chi connectivity index (χ4v) is 5.24. The Hall–Kier alpha value is -1.39. The lowest BCUT2D eigenvalue weighted by atomic mass is 9.92. The number of nitrogens with one attached hydrogen (secondary N) is 1. The highest BCUT2D eigenvalue weighted by molar-refractivity contribution is 5.79. The largest absolute Gasteiger partial charge is 0.353 e. The second-order valence-electron chi connectivity index (χ2n) is 9.61. The first kappa shape index (κ1) is 20.9. The van der Waals surface area contributed by atoms with E-state index in [0.717, 1.165) is 37.9 Å². The van der Waals surface area contributed by atoms with Gasteiger partial charge in [-0.25, -0.2) is 0 Å². The zero-order chi connectivity index (χ0) is 20.1. The monoisotopic (exact) mass is 397 g/mol. The maximum Gasteiger partial charge on any atom is 0.223 e. The number of nitrogens with zero attached hydrogens (tertiary/aromatic N) is 2. The predicted molar refractivity (Wildman–Crippen MR) is 119 cm³/mol. The molecule has 1 aliphatic carbocycles. The van der Waals surface area contributed by atoms with Crippen LogP contribution in [0.4, 0.5) is 0 Å². The molecule has 2 saturated heterocycles. The number of carbonyl (C=O) groups excluding carboxylic acids is 1. The Morgan fingerprint density at radius 2 is 1.69 bits per heavy atom. The van der Waals surface area contributed by atoms with Gasteiger partial charge in [-0.05, 0) is 102 Å². The van der Waals surface area contributed by atoms with Crippen LogP contribution in [0.3, 0.4) is 0 Å². The van der Waals surface area contributed by atoms with Crippen LogP contribution in [-0.4, -0.2) is 60.5 Å². The smallest absolute Gasteiger partial charge is 0.223 e. The summed E-state index contributed by atoms with van der Waals surface area (Å²) in [6, 6.07) is 12.0. The molecule has 4 heteroatoms. The van der Waals surface area contributed by atoms with Crippen molar-refractivity contribution in [1.29, 1.82) is 0 Å². The summed E-state index contributed by atoms with van der Waals surface area (Å²) in [5.74, 6) is 1.31. The van der Waals surface area contributed by atoms with Crippen LogP contribution in [0.5, 0.6) is 0 Å². The lowest BCUT2D eigenvalue weighted by Gasteiger charge is -2.41. The number of piperidine rings is 2. The minimum atomic E-state index is 0.241. The third-order valence-electron chi connectivity index (χ3n) is 7.46. The van der Waals surface area contributed by atoms with E-state index in [1.54, 1.807) is 0 Å². The molecule has 2 heterocycles. The molecule has 4 rings (SSSR count). The van der Waals surface area contributed by atoms with Crippen LogP contribution in [0.1, 0.15) is 57.4 Å². The summed E-state index contributed by atoms with van der Waals surface area (Å²) < 4.78 is 0. The lowest BCUT2D eigenvalue weighted by molar-refractivity contribution is -0.127. The van der Waals surface area contributed by atoms with Crippen LogP contribution in [0, 0.1) is 11.8 Å². The maximum atomic E-state index is 12.5. The van der Waals surface area contributed by atoms with Gasteiger partial charge in [0.05, 0.1) is 0 Å². The molecule has 2 aliphatic heterocycles. The van der Waals surface area contributed by atoms with E-state index in [4.69, 9.17) is 0 Å². The number of hydrogen-bond donors (Lipinski definition) is 1. The molecule has 1 aromatic carbocycles. The van der Waals surface area contributed by atoms with E-state index in [1.807, 2.05) is 0 Å². The van der Waals surface area contributed by atoms with Crippen molar-refractivity contribution in [2.24, 2.45) is 11.8 Å². The molecule has 1 N–H and O–H groups in total. The van der Waals surface area contributed by atoms with Gasteiger partial charge in [-0.15, -0.1) is 0 Å². The highest BCUT2D eigenvalue weighted by Gasteiger charge is 2.33. The van der Waals surface area contributed by atoms with Crippen molar-refractivity contribution in [2.75, 3.05) is 32.7 Å². The number of aryl methyl sites for hydroxylation is 1. The molecule has 1 aromatic rings. The van der Waals surface area contributed by atoms with Crippen molar-refractivity contribution in [3.63, 3.8) is 0 Å². The number of hydrogen-bond acceptors (Lipinski definition) is 3. The van der Waals surface area contributed by atoms with Crippen LogP contribution in [0.2, 0.25) is 0 Å². The number of likely N-dealkylation sites (tertiary alicyclic amines) is 2. The fourth-order valence-electron chi connectivity index (χ4n) is 5.24. The molecular formula is C25H39N3O. The van der Waals surface area contributed by atoms with Crippen LogP contribution in [-0.2, 0) is 11.2 Å². The van der Waals surface area contributed by atoms with Gasteiger partial charge in [0.15, 0.2) is 0 Å². The number of carbonyl (C=O) groups is 1. The Kier molecular flexibility index (Phi) is 7.25. The maximum absolute atomic E-state index is 12.5. The third kappa shape index (κ3) is 6.05. The summed E-state index contributed by atoms with van der Waals surface area (Å²) in [7, 11) is 0. The van der Waals surface area contributed by atoms with Crippen molar-refractivity contribution >= 4 is 5.91 Å². The molecule has 160 valence electrons. The predicted octanol–water partition coefficient (Wildman–Crippen LogP) is 3.71. The minimum absolute atomic E-state index is 0.241. The summed E-state index contributed by atoms with van der Waals surface area (Å²) in [5.41, 5.74) is 1.46. The van der Waals surface area contributed by atoms with Gasteiger partial charge < -0.3 is 15.1 Å². The Morgan fingerprint density at radius 1 is 1.00 bits per heavy atom. The third-order valence-corrected chi connectivity index (χ3v) is 7.46. The molecule has 0 aromatic heterocycles. The Balaban J connectivity index is 1.11. The van der Waals surface area contributed by atoms with Crippen molar-refractivity contribution in [2.45, 2.75) is 70.4 Å². The van der Waals surface area contributed by atoms with E-state index in [1.165, 1.54) is 63.7 Å². The molecule has 1 atom stereocenters. The van der Waals surface area contributed by atoms with Crippen molar-refractivity contribution in [3.8, 4) is 0 Å². The van der Waals surface area contributed by atoms with Gasteiger partial charge in [-0.1, -0.05) is 30.3 Å². The standard InChI is InChI=1S/C25H39N3O/c1-20(22-9-10-22)26-25(29)23-11-18-28(19-12-23)24-13-16-27(17-14-24)15-5-8-21-6-3-2-4-7-21/h2-4,6-7,20,22-24H,5,8-19H2,1H3,(H,26,29). The van der Waals surface area contributed by atoms with Crippen molar-refractivity contribution in [1.82, 2.24) is 15.1 Å². The van der Waals surface area contributed by atoms with E-state index < -0.39 is 0 Å². The first-order valence-electron chi connectivity index (χ1n) is 12.0. The summed E-state index contributed by atoms with van der Waals surface area (Å²) in [5, 5.41) is 3.28. The molecule has 3 aliphatic rings. The molecule has 29 heavy (non-hydrogen) atoms. The van der Waals surface area contributed by atoms with E-state index in [-0.39, 0.29) is 5.92 Å². The first-order chi connectivity index (χ1) is 14.2. The van der Waals surface area contributed by atoms with E-state index in [2.05, 4.69) is 52.4 Å². The van der Waals surface area contributed by atoms with Gasteiger partial charge in [0.25, 0.3) is 0 Å². The van der Waals surface area contributed by atoms with Gasteiger partial charge in [-0.3, -0.25) is 4.79 Å². The number of rotatable bonds is 8. The summed E-state index contributed by atoms with van der Waals surface area (Å²) in [4.78, 5) is 17.9. The quantitative estimate of drug-likeness (QED) is 0.726. The van der Waals surface area contributed by atoms with Crippen LogP contribution in [0.25, 0.3) is 0 Å². The Morgan fingerprint density at radius 3 is 2.34 bits per heavy atom. The summed E-state index contributed by atoms with van der Waals surface area (Å²) in [6.45, 7) is 8.09. The van der Waals surface area contributed by atoms with Crippen LogP contribution >= 0.6 is 0 Å². The fraction of sp³-hybridized carbons (Fsp3) is 0.720. The van der Waals surface area contributed by atoms with Gasteiger partial charge in [0.1, 0.15) is 0 Å². The number of benzene rings is 1. The Labute approximate surface area is 177 Å². The second kappa shape index (κ2) is 10.1. The highest BCUT2D eigenvalue weighted by Crippen LogP contribution is 2.33. The van der Waals surface area contributed by atoms with E-state index in [9.17, 15) is 4.79 Å². The van der Waals surface area contributed by atoms with Gasteiger partial charge in [-0.2, -0.15) is 0 Å². The SMILES string of the molecule is CC(NC(=O)C1CCN(C2CCN(CCCc3ccccc3)CC2)CC1)C1CC1. The molecular weight excluding hydrogens is 358 g/mol. The average Bonchev–Trinajstić information content (AvgIpc) is 3.61. The molecule has 4 nitrogen and oxygen atoms in total. The normalized spacial score (nSPS) is 23.8. The first-order valence-corrected chi connectivity index (χ1v) is 12.0. The minimum Gasteiger partial charge on any atom is -0.353 e. The lowest BCUT2D eigenvalue weighted by Crippen LogP contribution is -2.50. The van der Waals surface area contributed by atoms with Crippen LogP contribution < -0.4 is 5.32 Å².